The number of guanidine groups is 1. The summed E-state index contributed by atoms with van der Waals surface area (Å²) in [5.41, 5.74) is 0.0792. The zero-order chi connectivity index (χ0) is 17.6. The molecule has 0 aromatic heterocycles. The molecule has 0 bridgehead atoms. The van der Waals surface area contributed by atoms with Gasteiger partial charge in [0.2, 0.25) is 0 Å². The lowest BCUT2D eigenvalue weighted by molar-refractivity contribution is 0.0950. The van der Waals surface area contributed by atoms with Crippen LogP contribution in [-0.2, 0) is 0 Å². The van der Waals surface area contributed by atoms with Crippen LogP contribution in [0.25, 0.3) is 0 Å². The van der Waals surface area contributed by atoms with Gasteiger partial charge in [-0.25, -0.2) is 4.39 Å². The fraction of sp³-hybridized carbons (Fsp3) is 0.579. The summed E-state index contributed by atoms with van der Waals surface area (Å²) in [7, 11) is 1.79. The lowest BCUT2D eigenvalue weighted by Gasteiger charge is -2.22. The molecule has 1 aromatic carbocycles. The summed E-state index contributed by atoms with van der Waals surface area (Å²) in [5, 5.41) is 6.05. The number of likely N-dealkylation sites (tertiary alicyclic amines) is 1. The van der Waals surface area contributed by atoms with Crippen LogP contribution in [0.15, 0.2) is 29.3 Å². The average molecular weight is 346 g/mol. The van der Waals surface area contributed by atoms with Gasteiger partial charge in [-0.1, -0.05) is 25.0 Å². The maximum Gasteiger partial charge on any atom is 0.254 e. The Labute approximate surface area is 148 Å². The van der Waals surface area contributed by atoms with Gasteiger partial charge in [-0.3, -0.25) is 9.79 Å². The van der Waals surface area contributed by atoms with Crippen LogP contribution in [0.1, 0.15) is 36.0 Å². The van der Waals surface area contributed by atoms with Crippen molar-refractivity contribution in [2.75, 3.05) is 33.2 Å². The second kappa shape index (κ2) is 8.32. The minimum absolute atomic E-state index is 0.0792. The molecule has 5 nitrogen and oxygen atoms in total. The van der Waals surface area contributed by atoms with Crippen molar-refractivity contribution in [3.8, 4) is 0 Å². The molecule has 2 atom stereocenters. The highest BCUT2D eigenvalue weighted by molar-refractivity contribution is 5.94. The maximum atomic E-state index is 13.6. The van der Waals surface area contributed by atoms with Gasteiger partial charge in [0.15, 0.2) is 5.96 Å². The van der Waals surface area contributed by atoms with Crippen molar-refractivity contribution >= 4 is 11.9 Å². The second-order valence-electron chi connectivity index (χ2n) is 6.92. The molecule has 1 saturated carbocycles. The van der Waals surface area contributed by atoms with Crippen molar-refractivity contribution in [2.24, 2.45) is 16.8 Å². The molecule has 1 aliphatic heterocycles. The molecule has 1 aliphatic carbocycles. The highest BCUT2D eigenvalue weighted by Gasteiger charge is 2.35. The first kappa shape index (κ1) is 17.7. The fourth-order valence-electron chi connectivity index (χ4n) is 4.00. The average Bonchev–Trinajstić information content (AvgIpc) is 3.05. The van der Waals surface area contributed by atoms with Gasteiger partial charge >= 0.3 is 0 Å². The third-order valence-corrected chi connectivity index (χ3v) is 5.30. The Morgan fingerprint density at radius 3 is 2.44 bits per heavy atom. The highest BCUT2D eigenvalue weighted by Crippen LogP contribution is 2.35. The van der Waals surface area contributed by atoms with Crippen LogP contribution >= 0.6 is 0 Å². The van der Waals surface area contributed by atoms with Crippen molar-refractivity contribution in [3.05, 3.63) is 35.6 Å². The van der Waals surface area contributed by atoms with E-state index in [4.69, 9.17) is 0 Å². The fourth-order valence-corrected chi connectivity index (χ4v) is 4.00. The first-order chi connectivity index (χ1) is 12.2. The van der Waals surface area contributed by atoms with E-state index in [0.29, 0.717) is 13.1 Å². The van der Waals surface area contributed by atoms with E-state index in [0.717, 1.165) is 30.9 Å². The molecule has 2 N–H and O–H groups in total. The van der Waals surface area contributed by atoms with E-state index in [1.807, 2.05) is 0 Å². The minimum atomic E-state index is -0.497. The number of hydrogen-bond donors (Lipinski definition) is 2. The number of hydrogen-bond acceptors (Lipinski definition) is 2. The number of carbonyl (C=O) groups excluding carboxylic acids is 1. The molecule has 25 heavy (non-hydrogen) atoms. The number of benzene rings is 1. The van der Waals surface area contributed by atoms with Crippen LogP contribution in [0.4, 0.5) is 4.39 Å². The van der Waals surface area contributed by atoms with Crippen molar-refractivity contribution in [1.82, 2.24) is 15.5 Å². The van der Waals surface area contributed by atoms with Gasteiger partial charge in [-0.05, 0) is 36.8 Å². The Hall–Kier alpha value is -2.11. The number of carbonyl (C=O) groups is 1. The van der Waals surface area contributed by atoms with Crippen molar-refractivity contribution in [2.45, 2.75) is 25.7 Å². The van der Waals surface area contributed by atoms with Gasteiger partial charge in [0.25, 0.3) is 5.91 Å². The number of fused-ring (bicyclic) bond motifs is 1. The molecule has 2 aliphatic rings. The van der Waals surface area contributed by atoms with E-state index in [2.05, 4.69) is 20.5 Å². The van der Waals surface area contributed by atoms with Crippen LogP contribution in [0.5, 0.6) is 0 Å². The Kier molecular flexibility index (Phi) is 5.89. The van der Waals surface area contributed by atoms with Crippen LogP contribution in [0, 0.1) is 17.7 Å². The zero-order valence-electron chi connectivity index (χ0n) is 14.8. The van der Waals surface area contributed by atoms with Crippen molar-refractivity contribution in [3.63, 3.8) is 0 Å². The quantitative estimate of drug-likeness (QED) is 0.499. The summed E-state index contributed by atoms with van der Waals surface area (Å²) in [6.45, 7) is 3.14. The smallest absolute Gasteiger partial charge is 0.254 e. The van der Waals surface area contributed by atoms with Crippen LogP contribution < -0.4 is 10.6 Å². The van der Waals surface area contributed by atoms with Crippen LogP contribution in [0.3, 0.4) is 0 Å². The third-order valence-electron chi connectivity index (χ3n) is 5.30. The summed E-state index contributed by atoms with van der Waals surface area (Å²) >= 11 is 0. The molecular weight excluding hydrogens is 319 g/mol. The van der Waals surface area contributed by atoms with Gasteiger partial charge < -0.3 is 15.5 Å². The normalized spacial score (nSPS) is 23.3. The number of nitrogens with zero attached hydrogens (tertiary/aromatic N) is 2. The van der Waals surface area contributed by atoms with Crippen LogP contribution in [-0.4, -0.2) is 50.0 Å². The molecule has 1 heterocycles. The molecule has 0 spiro atoms. The van der Waals surface area contributed by atoms with Gasteiger partial charge in [-0.2, -0.15) is 0 Å². The first-order valence-electron chi connectivity index (χ1n) is 9.17. The topological polar surface area (TPSA) is 56.7 Å². The minimum Gasteiger partial charge on any atom is -0.354 e. The van der Waals surface area contributed by atoms with Crippen molar-refractivity contribution in [1.29, 1.82) is 0 Å². The predicted octanol–water partition coefficient (Wildman–Crippen LogP) is 2.25. The Morgan fingerprint density at radius 1 is 1.16 bits per heavy atom. The summed E-state index contributed by atoms with van der Waals surface area (Å²) in [4.78, 5) is 18.7. The Balaban J connectivity index is 1.43. The molecule has 2 fully saturated rings. The number of rotatable bonds is 4. The lowest BCUT2D eigenvalue weighted by Crippen LogP contribution is -2.43. The molecule has 1 amide bonds. The molecule has 1 saturated heterocycles. The van der Waals surface area contributed by atoms with Crippen LogP contribution in [0.2, 0.25) is 0 Å². The van der Waals surface area contributed by atoms with E-state index in [1.165, 1.54) is 37.8 Å². The Bertz CT molecular complexity index is 620. The standard InChI is InChI=1S/C19H27FN4O/c1-21-19(24-12-14-6-2-3-7-15(14)13-24)23-11-10-22-18(25)16-8-4-5-9-17(16)20/h4-5,8-9,14-15H,2-3,6-7,10-13H2,1H3,(H,21,23)(H,22,25). The maximum absolute atomic E-state index is 13.6. The van der Waals surface area contributed by atoms with E-state index in [1.54, 1.807) is 19.2 Å². The third kappa shape index (κ3) is 4.30. The zero-order valence-corrected chi connectivity index (χ0v) is 14.8. The molecule has 2 unspecified atom stereocenters. The van der Waals surface area contributed by atoms with Crippen molar-refractivity contribution < 1.29 is 9.18 Å². The lowest BCUT2D eigenvalue weighted by atomic mass is 9.82. The molecule has 1 aromatic rings. The van der Waals surface area contributed by atoms with E-state index >= 15 is 0 Å². The largest absolute Gasteiger partial charge is 0.354 e. The number of nitrogens with one attached hydrogen (secondary N) is 2. The first-order valence-corrected chi connectivity index (χ1v) is 9.17. The van der Waals surface area contributed by atoms with Gasteiger partial charge in [-0.15, -0.1) is 0 Å². The number of amides is 1. The molecule has 3 rings (SSSR count). The SMILES string of the molecule is CN=C(NCCNC(=O)c1ccccc1F)N1CC2CCCCC2C1. The molecule has 0 radical (unpaired) electrons. The van der Waals surface area contributed by atoms with Gasteiger partial charge in [0.05, 0.1) is 5.56 Å². The monoisotopic (exact) mass is 346 g/mol. The summed E-state index contributed by atoms with van der Waals surface area (Å²) in [6.07, 6.45) is 5.36. The highest BCUT2D eigenvalue weighted by atomic mass is 19.1. The van der Waals surface area contributed by atoms with E-state index in [9.17, 15) is 9.18 Å². The molecule has 136 valence electrons. The molecular formula is C19H27FN4O. The second-order valence-corrected chi connectivity index (χ2v) is 6.92. The van der Waals surface area contributed by atoms with E-state index in [-0.39, 0.29) is 11.5 Å². The summed E-state index contributed by atoms with van der Waals surface area (Å²) < 4.78 is 13.6. The van der Waals surface area contributed by atoms with E-state index < -0.39 is 5.82 Å². The molecule has 6 heteroatoms. The van der Waals surface area contributed by atoms with Gasteiger partial charge in [0.1, 0.15) is 5.82 Å². The number of aliphatic imine (C=N–C) groups is 1. The summed E-state index contributed by atoms with van der Waals surface area (Å²) in [6, 6.07) is 6.01. The summed E-state index contributed by atoms with van der Waals surface area (Å²) in [5.74, 6) is 1.61. The number of halogens is 1. The Morgan fingerprint density at radius 2 is 1.80 bits per heavy atom. The van der Waals surface area contributed by atoms with Gasteiger partial charge in [0, 0.05) is 33.2 Å². The predicted molar refractivity (Wildman–Crippen MR) is 97.1 cm³/mol.